The van der Waals surface area contributed by atoms with Crippen LogP contribution < -0.4 is 0 Å². The van der Waals surface area contributed by atoms with Crippen molar-refractivity contribution >= 4 is 0 Å². The highest BCUT2D eigenvalue weighted by molar-refractivity contribution is 5.99. The van der Waals surface area contributed by atoms with Crippen molar-refractivity contribution in [3.05, 3.63) is 221 Å². The van der Waals surface area contributed by atoms with Gasteiger partial charge < -0.3 is 0 Å². The Kier molecular flexibility index (Phi) is 6.97. The fraction of sp³-hybridized carbons (Fsp3) is 0.0556. The molecular weight excluding hydrogens is 691 g/mol. The number of aryl methyl sites for hydroxylation is 1. The number of benzene rings is 8. The zero-order valence-electron chi connectivity index (χ0n) is 31.2. The third-order valence-electron chi connectivity index (χ3n) is 12.5. The lowest BCUT2D eigenvalue weighted by molar-refractivity contribution is 0.792. The van der Waals surface area contributed by atoms with Crippen LogP contribution in [0.25, 0.3) is 78.7 Å². The van der Waals surface area contributed by atoms with Crippen molar-refractivity contribution in [2.24, 2.45) is 0 Å². The average Bonchev–Trinajstić information content (AvgIpc) is 3.76. The maximum absolute atomic E-state index is 5.13. The van der Waals surface area contributed by atoms with E-state index in [9.17, 15) is 0 Å². The van der Waals surface area contributed by atoms with E-state index in [1.807, 2.05) is 36.4 Å². The van der Waals surface area contributed by atoms with Crippen LogP contribution in [0.5, 0.6) is 0 Å². The Morgan fingerprint density at radius 1 is 0.316 bits per heavy atom. The second kappa shape index (κ2) is 12.4. The van der Waals surface area contributed by atoms with E-state index in [1.54, 1.807) is 0 Å². The zero-order valence-corrected chi connectivity index (χ0v) is 31.2. The minimum absolute atomic E-state index is 0.411. The van der Waals surface area contributed by atoms with E-state index in [4.69, 9.17) is 15.0 Å². The summed E-state index contributed by atoms with van der Waals surface area (Å²) in [6, 6.07) is 68.1. The predicted octanol–water partition coefficient (Wildman–Crippen LogP) is 12.6. The molecule has 0 amide bonds. The van der Waals surface area contributed by atoms with Crippen LogP contribution >= 0.6 is 0 Å². The Bertz CT molecular complexity index is 3020. The zero-order chi connectivity index (χ0) is 37.5. The number of nitrogens with zero attached hydrogens (tertiary/aromatic N) is 3. The number of aromatic nitrogens is 3. The van der Waals surface area contributed by atoms with Crippen molar-refractivity contribution in [3.63, 3.8) is 0 Å². The molecule has 1 aromatic heterocycles. The Morgan fingerprint density at radius 3 is 1.56 bits per heavy atom. The van der Waals surface area contributed by atoms with Crippen molar-refractivity contribution in [1.29, 1.82) is 0 Å². The van der Waals surface area contributed by atoms with Gasteiger partial charge in [-0.15, -0.1) is 0 Å². The lowest BCUT2D eigenvalue weighted by atomic mass is 9.69. The highest BCUT2D eigenvalue weighted by atomic mass is 15.0. The van der Waals surface area contributed by atoms with Gasteiger partial charge in [0, 0.05) is 16.7 Å². The van der Waals surface area contributed by atoms with Crippen molar-refractivity contribution in [2.45, 2.75) is 18.3 Å². The first kappa shape index (κ1) is 32.1. The first-order valence-corrected chi connectivity index (χ1v) is 19.8. The maximum Gasteiger partial charge on any atom is 0.164 e. The maximum atomic E-state index is 5.13. The molecule has 0 radical (unpaired) electrons. The van der Waals surface area contributed by atoms with Gasteiger partial charge in [0.1, 0.15) is 0 Å². The summed E-state index contributed by atoms with van der Waals surface area (Å²) < 4.78 is 0. The van der Waals surface area contributed by atoms with Gasteiger partial charge in [0.2, 0.25) is 0 Å². The average molecular weight is 726 g/mol. The van der Waals surface area contributed by atoms with Crippen LogP contribution in [-0.4, -0.2) is 15.0 Å². The molecule has 266 valence electrons. The molecule has 57 heavy (non-hydrogen) atoms. The molecule has 0 bridgehead atoms. The Hall–Kier alpha value is -7.23. The molecule has 0 N–H and O–H groups in total. The van der Waals surface area contributed by atoms with Crippen LogP contribution in [0.3, 0.4) is 0 Å². The Labute approximate surface area is 332 Å². The molecule has 1 heterocycles. The largest absolute Gasteiger partial charge is 0.208 e. The first-order chi connectivity index (χ1) is 28.3. The monoisotopic (exact) mass is 725 g/mol. The van der Waals surface area contributed by atoms with Crippen molar-refractivity contribution < 1.29 is 0 Å². The smallest absolute Gasteiger partial charge is 0.164 e. The number of rotatable bonds is 4. The Morgan fingerprint density at radius 2 is 0.842 bits per heavy atom. The van der Waals surface area contributed by atoms with Gasteiger partial charge in [0.15, 0.2) is 17.5 Å². The van der Waals surface area contributed by atoms with Crippen molar-refractivity contribution in [1.82, 2.24) is 15.0 Å². The van der Waals surface area contributed by atoms with Crippen LogP contribution in [0.4, 0.5) is 0 Å². The highest BCUT2D eigenvalue weighted by Gasteiger charge is 2.52. The summed E-state index contributed by atoms with van der Waals surface area (Å²) >= 11 is 0. The molecule has 12 rings (SSSR count). The molecule has 1 atom stereocenters. The van der Waals surface area contributed by atoms with E-state index in [0.717, 1.165) is 40.7 Å². The van der Waals surface area contributed by atoms with E-state index in [2.05, 4.69) is 152 Å². The van der Waals surface area contributed by atoms with Gasteiger partial charge in [-0.2, -0.15) is 0 Å². The fourth-order valence-electron chi connectivity index (χ4n) is 10.1. The lowest BCUT2D eigenvalue weighted by Gasteiger charge is -2.31. The molecule has 8 aromatic carbocycles. The standard InChI is InChI=1S/C54H35N3/c1-3-16-35(17-4-1)51-55-52(36-18-5-2-6-19-36)57-53(56-51)43-23-10-9-21-39(43)37-28-31-48-45(33-37)41-22-11-13-25-46(41)54(48)47-26-14-12-24-44(47)50-42-29-27-34-15-7-8-20-38(34)40(42)30-32-49(50)54/h1-26,28,30-33H,27,29H2. The number of hydrogen-bond acceptors (Lipinski definition) is 3. The molecule has 1 spiro atoms. The van der Waals surface area contributed by atoms with Crippen molar-refractivity contribution in [3.8, 4) is 78.7 Å². The number of fused-ring (bicyclic) bond motifs is 14. The Balaban J connectivity index is 1.06. The lowest BCUT2D eigenvalue weighted by Crippen LogP contribution is -2.26. The summed E-state index contributed by atoms with van der Waals surface area (Å²) in [5, 5.41) is 0. The van der Waals surface area contributed by atoms with E-state index in [0.29, 0.717) is 17.5 Å². The van der Waals surface area contributed by atoms with Gasteiger partial charge >= 0.3 is 0 Å². The minimum Gasteiger partial charge on any atom is -0.208 e. The van der Waals surface area contributed by atoms with Crippen LogP contribution in [0.1, 0.15) is 33.4 Å². The molecule has 0 fully saturated rings. The fourth-order valence-corrected chi connectivity index (χ4v) is 10.1. The molecule has 9 aromatic rings. The van der Waals surface area contributed by atoms with E-state index in [1.165, 1.54) is 66.8 Å². The van der Waals surface area contributed by atoms with Crippen LogP contribution in [0, 0.1) is 0 Å². The molecular formula is C54H35N3. The predicted molar refractivity (Wildman–Crippen MR) is 231 cm³/mol. The van der Waals surface area contributed by atoms with Gasteiger partial charge in [-0.1, -0.05) is 182 Å². The van der Waals surface area contributed by atoms with Crippen LogP contribution in [-0.2, 0) is 18.3 Å². The third kappa shape index (κ3) is 4.63. The summed E-state index contributed by atoms with van der Waals surface area (Å²) in [4.78, 5) is 15.2. The second-order valence-electron chi connectivity index (χ2n) is 15.4. The summed E-state index contributed by atoms with van der Waals surface area (Å²) in [7, 11) is 0. The molecule has 3 nitrogen and oxygen atoms in total. The van der Waals surface area contributed by atoms with Gasteiger partial charge in [-0.25, -0.2) is 15.0 Å². The molecule has 3 heteroatoms. The molecule has 1 unspecified atom stereocenters. The van der Waals surface area contributed by atoms with Crippen molar-refractivity contribution in [2.75, 3.05) is 0 Å². The summed E-state index contributed by atoms with van der Waals surface area (Å²) in [6.45, 7) is 0. The van der Waals surface area contributed by atoms with Gasteiger partial charge in [0.05, 0.1) is 5.41 Å². The minimum atomic E-state index is -0.411. The topological polar surface area (TPSA) is 38.7 Å². The van der Waals surface area contributed by atoms with Gasteiger partial charge in [-0.05, 0) is 96.8 Å². The van der Waals surface area contributed by atoms with E-state index in [-0.39, 0.29) is 0 Å². The van der Waals surface area contributed by atoms with Gasteiger partial charge in [0.25, 0.3) is 0 Å². The molecule has 0 saturated heterocycles. The highest BCUT2D eigenvalue weighted by Crippen LogP contribution is 2.64. The van der Waals surface area contributed by atoms with E-state index < -0.39 is 5.41 Å². The molecule has 3 aliphatic rings. The SMILES string of the molecule is c1ccc(-c2nc(-c3ccccc3)nc(-c3ccccc3-c3ccc4c(c3)-c3ccccc3C43c4ccccc4-c4c3ccc3c4CCc4ccccc4-3)n2)cc1. The number of hydrogen-bond donors (Lipinski definition) is 0. The van der Waals surface area contributed by atoms with Crippen LogP contribution in [0.2, 0.25) is 0 Å². The quantitative estimate of drug-likeness (QED) is 0.181. The normalized spacial score (nSPS) is 15.3. The van der Waals surface area contributed by atoms with E-state index >= 15 is 0 Å². The molecule has 0 saturated carbocycles. The summed E-state index contributed by atoms with van der Waals surface area (Å²) in [6.07, 6.45) is 2.10. The summed E-state index contributed by atoms with van der Waals surface area (Å²) in [5.74, 6) is 1.97. The first-order valence-electron chi connectivity index (χ1n) is 19.8. The third-order valence-corrected chi connectivity index (χ3v) is 12.5. The van der Waals surface area contributed by atoms with Crippen LogP contribution in [0.15, 0.2) is 188 Å². The van der Waals surface area contributed by atoms with Gasteiger partial charge in [-0.3, -0.25) is 0 Å². The molecule has 3 aliphatic carbocycles. The summed E-state index contributed by atoms with van der Waals surface area (Å²) in [5.41, 5.74) is 21.2. The second-order valence-corrected chi connectivity index (χ2v) is 15.4. The molecule has 0 aliphatic heterocycles.